The Bertz CT molecular complexity index is 222. The van der Waals surface area contributed by atoms with Gasteiger partial charge < -0.3 is 10.0 Å². The number of rotatable bonds is 2. The average Bonchev–Trinajstić information content (AvgIpc) is 2.18. The van der Waals surface area contributed by atoms with Crippen LogP contribution in [0.1, 0.15) is 19.3 Å². The molecule has 0 aromatic carbocycles. The first-order chi connectivity index (χ1) is 6.27. The van der Waals surface area contributed by atoms with E-state index in [9.17, 15) is 4.79 Å². The first-order valence-electron chi connectivity index (χ1n) is 4.53. The van der Waals surface area contributed by atoms with Crippen molar-refractivity contribution in [3.8, 4) is 6.07 Å². The van der Waals surface area contributed by atoms with Crippen molar-refractivity contribution < 1.29 is 9.90 Å². The molecule has 0 bridgehead atoms. The zero-order valence-electron chi connectivity index (χ0n) is 7.57. The Kier molecular flexibility index (Phi) is 3.71. The predicted octanol–water partition coefficient (Wildman–Crippen LogP) is 0.131. The molecule has 1 rings (SSSR count). The van der Waals surface area contributed by atoms with Gasteiger partial charge in [-0.2, -0.15) is 5.26 Å². The molecular weight excluding hydrogens is 168 g/mol. The minimum Gasteiger partial charge on any atom is -0.396 e. The lowest BCUT2D eigenvalue weighted by Crippen LogP contribution is -2.40. The van der Waals surface area contributed by atoms with Crippen LogP contribution in [0.15, 0.2) is 0 Å². The highest BCUT2D eigenvalue weighted by Gasteiger charge is 2.22. The van der Waals surface area contributed by atoms with Gasteiger partial charge in [-0.3, -0.25) is 4.79 Å². The molecule has 1 atom stereocenters. The molecule has 13 heavy (non-hydrogen) atoms. The van der Waals surface area contributed by atoms with Gasteiger partial charge in [-0.1, -0.05) is 0 Å². The molecule has 0 unspecified atom stereocenters. The largest absolute Gasteiger partial charge is 0.396 e. The summed E-state index contributed by atoms with van der Waals surface area (Å²) in [6, 6.07) is 1.84. The highest BCUT2D eigenvalue weighted by Crippen LogP contribution is 2.16. The lowest BCUT2D eigenvalue weighted by atomic mass is 9.99. The summed E-state index contributed by atoms with van der Waals surface area (Å²) in [6.07, 6.45) is 1.87. The van der Waals surface area contributed by atoms with Gasteiger partial charge in [-0.05, 0) is 18.8 Å². The third-order valence-corrected chi connectivity index (χ3v) is 2.36. The molecule has 0 radical (unpaired) electrons. The quantitative estimate of drug-likeness (QED) is 0.660. The van der Waals surface area contributed by atoms with Crippen molar-refractivity contribution in [2.24, 2.45) is 5.92 Å². The van der Waals surface area contributed by atoms with Gasteiger partial charge in [0.15, 0.2) is 0 Å². The van der Waals surface area contributed by atoms with E-state index in [2.05, 4.69) is 0 Å². The van der Waals surface area contributed by atoms with Gasteiger partial charge in [-0.15, -0.1) is 0 Å². The Labute approximate surface area is 77.8 Å². The predicted molar refractivity (Wildman–Crippen MR) is 46.6 cm³/mol. The van der Waals surface area contributed by atoms with Crippen LogP contribution in [0, 0.1) is 17.2 Å². The first kappa shape index (κ1) is 10.0. The van der Waals surface area contributed by atoms with E-state index >= 15 is 0 Å². The van der Waals surface area contributed by atoms with E-state index < -0.39 is 0 Å². The first-order valence-corrected chi connectivity index (χ1v) is 4.53. The molecule has 1 N–H and O–H groups in total. The zero-order chi connectivity index (χ0) is 9.68. The van der Waals surface area contributed by atoms with Crippen LogP contribution in [0.5, 0.6) is 0 Å². The number of hydrogen-bond acceptors (Lipinski definition) is 3. The van der Waals surface area contributed by atoms with Crippen molar-refractivity contribution in [2.75, 3.05) is 19.7 Å². The standard InChI is InChI=1S/C9H14N2O2/c10-4-3-9(13)11-5-1-2-8(6-11)7-12/h8,12H,1-3,5-7H2/t8-/m1/s1. The lowest BCUT2D eigenvalue weighted by Gasteiger charge is -2.31. The van der Waals surface area contributed by atoms with E-state index in [1.807, 2.05) is 6.07 Å². The number of aliphatic hydroxyl groups is 1. The molecule has 72 valence electrons. The summed E-state index contributed by atoms with van der Waals surface area (Å²) >= 11 is 0. The summed E-state index contributed by atoms with van der Waals surface area (Å²) < 4.78 is 0. The highest BCUT2D eigenvalue weighted by atomic mass is 16.3. The number of carbonyl (C=O) groups excluding carboxylic acids is 1. The highest BCUT2D eigenvalue weighted by molar-refractivity contribution is 5.78. The normalized spacial score (nSPS) is 22.5. The van der Waals surface area contributed by atoms with Crippen LogP contribution in [0.2, 0.25) is 0 Å². The van der Waals surface area contributed by atoms with Crippen LogP contribution in [-0.4, -0.2) is 35.6 Å². The van der Waals surface area contributed by atoms with Gasteiger partial charge in [0.05, 0.1) is 6.07 Å². The maximum absolute atomic E-state index is 11.3. The maximum atomic E-state index is 11.3. The Morgan fingerprint density at radius 1 is 1.69 bits per heavy atom. The van der Waals surface area contributed by atoms with Crippen LogP contribution >= 0.6 is 0 Å². The molecular formula is C9H14N2O2. The lowest BCUT2D eigenvalue weighted by molar-refractivity contribution is -0.132. The Hall–Kier alpha value is -1.08. The van der Waals surface area contributed by atoms with Crippen molar-refractivity contribution >= 4 is 5.91 Å². The fourth-order valence-corrected chi connectivity index (χ4v) is 1.62. The molecule has 4 nitrogen and oxygen atoms in total. The van der Waals surface area contributed by atoms with Crippen molar-refractivity contribution in [2.45, 2.75) is 19.3 Å². The molecule has 4 heteroatoms. The summed E-state index contributed by atoms with van der Waals surface area (Å²) in [7, 11) is 0. The second kappa shape index (κ2) is 4.83. The van der Waals surface area contributed by atoms with Crippen LogP contribution < -0.4 is 0 Å². The molecule has 1 aliphatic heterocycles. The Morgan fingerprint density at radius 2 is 2.46 bits per heavy atom. The summed E-state index contributed by atoms with van der Waals surface area (Å²) in [5.41, 5.74) is 0. The second-order valence-corrected chi connectivity index (χ2v) is 3.37. The number of amides is 1. The molecule has 0 aromatic heterocycles. The van der Waals surface area contributed by atoms with Gasteiger partial charge in [0.25, 0.3) is 0 Å². The maximum Gasteiger partial charge on any atom is 0.236 e. The van der Waals surface area contributed by atoms with E-state index in [1.54, 1.807) is 4.90 Å². The fraction of sp³-hybridized carbons (Fsp3) is 0.778. The molecule has 1 amide bonds. The minimum atomic E-state index is -0.111. The molecule has 1 saturated heterocycles. The van der Waals surface area contributed by atoms with Crippen molar-refractivity contribution in [1.82, 2.24) is 4.90 Å². The number of piperidine rings is 1. The molecule has 1 heterocycles. The van der Waals surface area contributed by atoms with E-state index in [4.69, 9.17) is 10.4 Å². The van der Waals surface area contributed by atoms with Gasteiger partial charge in [0.2, 0.25) is 5.91 Å². The third-order valence-electron chi connectivity index (χ3n) is 2.36. The van der Waals surface area contributed by atoms with E-state index in [0.29, 0.717) is 6.54 Å². The number of nitrogens with zero attached hydrogens (tertiary/aromatic N) is 2. The van der Waals surface area contributed by atoms with Crippen LogP contribution in [0.3, 0.4) is 0 Å². The number of aliphatic hydroxyl groups excluding tert-OH is 1. The van der Waals surface area contributed by atoms with Gasteiger partial charge in [0.1, 0.15) is 6.42 Å². The summed E-state index contributed by atoms with van der Waals surface area (Å²) in [6.45, 7) is 1.48. The van der Waals surface area contributed by atoms with Crippen molar-refractivity contribution in [3.63, 3.8) is 0 Å². The summed E-state index contributed by atoms with van der Waals surface area (Å²) in [4.78, 5) is 13.0. The van der Waals surface area contributed by atoms with Crippen molar-refractivity contribution in [3.05, 3.63) is 0 Å². The number of likely N-dealkylation sites (tertiary alicyclic amines) is 1. The second-order valence-electron chi connectivity index (χ2n) is 3.37. The Morgan fingerprint density at radius 3 is 3.08 bits per heavy atom. The topological polar surface area (TPSA) is 64.3 Å². The van der Waals surface area contributed by atoms with Crippen molar-refractivity contribution in [1.29, 1.82) is 5.26 Å². The number of carbonyl (C=O) groups is 1. The third kappa shape index (κ3) is 2.71. The molecule has 0 aromatic rings. The Balaban J connectivity index is 2.42. The molecule has 0 spiro atoms. The number of nitriles is 1. The average molecular weight is 182 g/mol. The van der Waals surface area contributed by atoms with E-state index in [0.717, 1.165) is 19.4 Å². The summed E-state index contributed by atoms with van der Waals surface area (Å²) in [5.74, 6) is 0.0945. The van der Waals surface area contributed by atoms with Crippen LogP contribution in [0.4, 0.5) is 0 Å². The smallest absolute Gasteiger partial charge is 0.236 e. The fourth-order valence-electron chi connectivity index (χ4n) is 1.62. The van der Waals surface area contributed by atoms with E-state index in [-0.39, 0.29) is 24.9 Å². The van der Waals surface area contributed by atoms with Gasteiger partial charge in [-0.25, -0.2) is 0 Å². The van der Waals surface area contributed by atoms with Gasteiger partial charge >= 0.3 is 0 Å². The minimum absolute atomic E-state index is 0.0435. The summed E-state index contributed by atoms with van der Waals surface area (Å²) in [5, 5.41) is 17.3. The van der Waals surface area contributed by atoms with Gasteiger partial charge in [0, 0.05) is 19.7 Å². The SMILES string of the molecule is N#CCC(=O)N1CCC[C@@H](CO)C1. The van der Waals surface area contributed by atoms with E-state index in [1.165, 1.54) is 0 Å². The number of hydrogen-bond donors (Lipinski definition) is 1. The molecule has 0 saturated carbocycles. The monoisotopic (exact) mass is 182 g/mol. The molecule has 1 fully saturated rings. The molecule has 1 aliphatic rings. The van der Waals surface area contributed by atoms with Crippen LogP contribution in [0.25, 0.3) is 0 Å². The van der Waals surface area contributed by atoms with Crippen LogP contribution in [-0.2, 0) is 4.79 Å². The zero-order valence-corrected chi connectivity index (χ0v) is 7.57. The molecule has 0 aliphatic carbocycles.